The summed E-state index contributed by atoms with van der Waals surface area (Å²) in [5.74, 6) is 0.765. The molecule has 1 aromatic rings. The van der Waals surface area contributed by atoms with E-state index in [4.69, 9.17) is 0 Å². The molecule has 1 aliphatic heterocycles. The van der Waals surface area contributed by atoms with E-state index in [1.165, 1.54) is 0 Å². The van der Waals surface area contributed by atoms with Gasteiger partial charge in [-0.1, -0.05) is 25.2 Å². The Labute approximate surface area is 124 Å². The van der Waals surface area contributed by atoms with Crippen molar-refractivity contribution in [2.24, 2.45) is 5.92 Å². The Hall–Kier alpha value is -1.17. The summed E-state index contributed by atoms with van der Waals surface area (Å²) in [5, 5.41) is 13.6. The topological polar surface area (TPSA) is 58.1 Å². The largest absolute Gasteiger partial charge is 0.354 e. The molecule has 1 amide bonds. The normalized spacial score (nSPS) is 17.0. The second kappa shape index (κ2) is 6.52. The molecule has 2 heterocycles. The maximum Gasteiger partial charge on any atom is 0.223 e. The zero-order valence-electron chi connectivity index (χ0n) is 12.7. The number of carbonyl (C=O) groups excluding carboxylic acids is 1. The van der Waals surface area contributed by atoms with Crippen LogP contribution < -0.4 is 10.2 Å². The van der Waals surface area contributed by atoms with E-state index in [-0.39, 0.29) is 17.9 Å². The third-order valence-electron chi connectivity index (χ3n) is 3.49. The summed E-state index contributed by atoms with van der Waals surface area (Å²) in [4.78, 5) is 14.2. The van der Waals surface area contributed by atoms with Crippen molar-refractivity contribution in [3.05, 3.63) is 5.01 Å². The van der Waals surface area contributed by atoms with Gasteiger partial charge in [-0.2, -0.15) is 0 Å². The van der Waals surface area contributed by atoms with E-state index in [2.05, 4.69) is 34.3 Å². The van der Waals surface area contributed by atoms with Gasteiger partial charge in [-0.15, -0.1) is 10.2 Å². The molecule has 1 saturated heterocycles. The van der Waals surface area contributed by atoms with Crippen LogP contribution in [0.15, 0.2) is 0 Å². The Bertz CT molecular complexity index is 450. The molecule has 20 heavy (non-hydrogen) atoms. The van der Waals surface area contributed by atoms with Gasteiger partial charge in [-0.3, -0.25) is 4.79 Å². The molecule has 1 fully saturated rings. The quantitative estimate of drug-likeness (QED) is 0.927. The molecule has 0 unspecified atom stereocenters. The molecular weight excluding hydrogens is 272 g/mol. The summed E-state index contributed by atoms with van der Waals surface area (Å²) in [6.07, 6.45) is 1.80. The predicted octanol–water partition coefficient (Wildman–Crippen LogP) is 2.40. The van der Waals surface area contributed by atoms with E-state index in [1.54, 1.807) is 11.3 Å². The number of amides is 1. The fourth-order valence-electron chi connectivity index (χ4n) is 2.32. The second-order valence-corrected chi connectivity index (χ2v) is 6.99. The van der Waals surface area contributed by atoms with Gasteiger partial charge in [0.25, 0.3) is 0 Å². The van der Waals surface area contributed by atoms with Gasteiger partial charge in [0.1, 0.15) is 5.01 Å². The van der Waals surface area contributed by atoms with Crippen LogP contribution >= 0.6 is 11.3 Å². The molecule has 1 aliphatic rings. The average Bonchev–Trinajstić information content (AvgIpc) is 2.88. The SMILES string of the molecule is CC(C)NC(=O)C1CCN(c2nnc(C(C)C)s2)CC1. The monoisotopic (exact) mass is 296 g/mol. The molecule has 1 N–H and O–H groups in total. The fraction of sp³-hybridized carbons (Fsp3) is 0.786. The molecule has 5 nitrogen and oxygen atoms in total. The van der Waals surface area contributed by atoms with Gasteiger partial charge >= 0.3 is 0 Å². The molecule has 2 rings (SSSR count). The van der Waals surface area contributed by atoms with Crippen molar-refractivity contribution in [1.29, 1.82) is 0 Å². The van der Waals surface area contributed by atoms with Gasteiger partial charge in [-0.05, 0) is 26.7 Å². The minimum atomic E-state index is 0.145. The fourth-order valence-corrected chi connectivity index (χ4v) is 3.22. The van der Waals surface area contributed by atoms with Gasteiger partial charge in [0.15, 0.2) is 0 Å². The van der Waals surface area contributed by atoms with Gasteiger partial charge < -0.3 is 10.2 Å². The van der Waals surface area contributed by atoms with Crippen molar-refractivity contribution in [3.8, 4) is 0 Å². The molecule has 112 valence electrons. The molecule has 0 spiro atoms. The lowest BCUT2D eigenvalue weighted by Gasteiger charge is -2.31. The first-order valence-corrected chi connectivity index (χ1v) is 8.17. The Morgan fingerprint density at radius 3 is 2.40 bits per heavy atom. The zero-order valence-corrected chi connectivity index (χ0v) is 13.5. The number of carbonyl (C=O) groups is 1. The second-order valence-electron chi connectivity index (χ2n) is 6.00. The Morgan fingerprint density at radius 1 is 1.25 bits per heavy atom. The molecule has 0 atom stereocenters. The van der Waals surface area contributed by atoms with Gasteiger partial charge in [0.2, 0.25) is 11.0 Å². The number of nitrogens with zero attached hydrogens (tertiary/aromatic N) is 3. The maximum atomic E-state index is 12.0. The minimum Gasteiger partial charge on any atom is -0.354 e. The van der Waals surface area contributed by atoms with Crippen LogP contribution in [0.3, 0.4) is 0 Å². The van der Waals surface area contributed by atoms with Crippen molar-refractivity contribution in [1.82, 2.24) is 15.5 Å². The molecule has 0 aliphatic carbocycles. The summed E-state index contributed by atoms with van der Waals surface area (Å²) < 4.78 is 0. The summed E-state index contributed by atoms with van der Waals surface area (Å²) in [7, 11) is 0. The van der Waals surface area contributed by atoms with Crippen LogP contribution in [0.1, 0.15) is 51.5 Å². The summed E-state index contributed by atoms with van der Waals surface area (Å²) in [5.41, 5.74) is 0. The smallest absolute Gasteiger partial charge is 0.223 e. The first-order valence-electron chi connectivity index (χ1n) is 7.36. The number of piperidine rings is 1. The number of hydrogen-bond acceptors (Lipinski definition) is 5. The van der Waals surface area contributed by atoms with E-state index in [9.17, 15) is 4.79 Å². The lowest BCUT2D eigenvalue weighted by molar-refractivity contribution is -0.126. The van der Waals surface area contributed by atoms with Crippen LogP contribution in [-0.2, 0) is 4.79 Å². The van der Waals surface area contributed by atoms with Crippen LogP contribution in [0, 0.1) is 5.92 Å². The van der Waals surface area contributed by atoms with Crippen LogP contribution in [0.2, 0.25) is 0 Å². The van der Waals surface area contributed by atoms with E-state index in [1.807, 2.05) is 13.8 Å². The third-order valence-corrected chi connectivity index (χ3v) is 4.78. The van der Waals surface area contributed by atoms with Crippen molar-refractivity contribution in [3.63, 3.8) is 0 Å². The van der Waals surface area contributed by atoms with Crippen molar-refractivity contribution in [2.75, 3.05) is 18.0 Å². The Morgan fingerprint density at radius 2 is 1.90 bits per heavy atom. The highest BCUT2D eigenvalue weighted by atomic mass is 32.1. The number of rotatable bonds is 4. The summed E-state index contributed by atoms with van der Waals surface area (Å²) >= 11 is 1.67. The number of nitrogens with one attached hydrogen (secondary N) is 1. The van der Waals surface area contributed by atoms with Gasteiger partial charge in [-0.25, -0.2) is 0 Å². The number of hydrogen-bond donors (Lipinski definition) is 1. The Kier molecular flexibility index (Phi) is 4.96. The highest BCUT2D eigenvalue weighted by Gasteiger charge is 2.26. The van der Waals surface area contributed by atoms with E-state index < -0.39 is 0 Å². The van der Waals surface area contributed by atoms with E-state index in [0.29, 0.717) is 5.92 Å². The first-order chi connectivity index (χ1) is 9.47. The lowest BCUT2D eigenvalue weighted by Crippen LogP contribution is -2.42. The number of anilines is 1. The summed E-state index contributed by atoms with van der Waals surface area (Å²) in [6, 6.07) is 0.220. The number of aromatic nitrogens is 2. The molecule has 0 saturated carbocycles. The highest BCUT2D eigenvalue weighted by Crippen LogP contribution is 2.29. The molecule has 0 radical (unpaired) electrons. The molecule has 0 aromatic carbocycles. The third kappa shape index (κ3) is 3.69. The van der Waals surface area contributed by atoms with Crippen molar-refractivity contribution < 1.29 is 4.79 Å². The van der Waals surface area contributed by atoms with Gasteiger partial charge in [0, 0.05) is 31.0 Å². The molecule has 0 bridgehead atoms. The standard InChI is InChI=1S/C14H24N4OS/c1-9(2)13-16-17-14(20-13)18-7-5-11(6-8-18)12(19)15-10(3)4/h9-11H,5-8H2,1-4H3,(H,15,19). The van der Waals surface area contributed by atoms with Gasteiger partial charge in [0.05, 0.1) is 0 Å². The molecular formula is C14H24N4OS. The van der Waals surface area contributed by atoms with Crippen LogP contribution in [0.5, 0.6) is 0 Å². The Balaban J connectivity index is 1.88. The predicted molar refractivity (Wildman–Crippen MR) is 82.2 cm³/mol. The van der Waals surface area contributed by atoms with Crippen LogP contribution in [-0.4, -0.2) is 35.2 Å². The van der Waals surface area contributed by atoms with E-state index >= 15 is 0 Å². The van der Waals surface area contributed by atoms with E-state index in [0.717, 1.165) is 36.1 Å². The van der Waals surface area contributed by atoms with Crippen molar-refractivity contribution >= 4 is 22.4 Å². The first kappa shape index (κ1) is 15.2. The van der Waals surface area contributed by atoms with Crippen molar-refractivity contribution in [2.45, 2.75) is 52.5 Å². The van der Waals surface area contributed by atoms with Crippen LogP contribution in [0.4, 0.5) is 5.13 Å². The average molecular weight is 296 g/mol. The lowest BCUT2D eigenvalue weighted by atomic mass is 9.96. The molecule has 6 heteroatoms. The minimum absolute atomic E-state index is 0.145. The summed E-state index contributed by atoms with van der Waals surface area (Å²) in [6.45, 7) is 10.1. The maximum absolute atomic E-state index is 12.0. The molecule has 1 aromatic heterocycles. The van der Waals surface area contributed by atoms with Crippen LogP contribution in [0.25, 0.3) is 0 Å². The zero-order chi connectivity index (χ0) is 14.7. The highest BCUT2D eigenvalue weighted by molar-refractivity contribution is 7.15.